The molecular formula is C15H13NS. The number of hydrogen-bond acceptors (Lipinski definition) is 2. The lowest BCUT2D eigenvalue weighted by molar-refractivity contribution is 1.45. The smallest absolute Gasteiger partial charge is 0.0998 e. The van der Waals surface area contributed by atoms with Crippen LogP contribution in [0.5, 0.6) is 0 Å². The molecule has 0 atom stereocenters. The molecule has 0 aliphatic heterocycles. The highest BCUT2D eigenvalue weighted by Crippen LogP contribution is 2.23. The molecule has 0 radical (unpaired) electrons. The van der Waals surface area contributed by atoms with Gasteiger partial charge in [-0.1, -0.05) is 29.8 Å². The van der Waals surface area contributed by atoms with Gasteiger partial charge in [0.15, 0.2) is 0 Å². The first-order chi connectivity index (χ1) is 8.20. The number of aryl methyl sites for hydroxylation is 2. The third-order valence-electron chi connectivity index (χ3n) is 2.66. The van der Waals surface area contributed by atoms with E-state index in [0.717, 1.165) is 16.0 Å². The molecule has 2 heteroatoms. The lowest BCUT2D eigenvalue weighted by Crippen LogP contribution is -1.82. The molecule has 84 valence electrons. The molecule has 0 fully saturated rings. The van der Waals surface area contributed by atoms with Crippen molar-refractivity contribution in [2.24, 2.45) is 0 Å². The van der Waals surface area contributed by atoms with Crippen molar-refractivity contribution in [1.82, 2.24) is 0 Å². The molecule has 2 rings (SSSR count). The third kappa shape index (κ3) is 2.64. The Kier molecular flexibility index (Phi) is 3.41. The van der Waals surface area contributed by atoms with E-state index in [2.05, 4.69) is 19.1 Å². The average molecular weight is 239 g/mol. The molecule has 0 unspecified atom stereocenters. The second-order valence-corrected chi connectivity index (χ2v) is 4.95. The average Bonchev–Trinajstić information content (AvgIpc) is 2.73. The molecule has 0 N–H and O–H groups in total. The van der Waals surface area contributed by atoms with Gasteiger partial charge in [-0.05, 0) is 42.5 Å². The van der Waals surface area contributed by atoms with Crippen LogP contribution in [-0.4, -0.2) is 0 Å². The molecule has 0 saturated heterocycles. The maximum atomic E-state index is 9.22. The highest BCUT2D eigenvalue weighted by molar-refractivity contribution is 7.11. The summed E-state index contributed by atoms with van der Waals surface area (Å²) in [6, 6.07) is 12.4. The molecule has 0 aliphatic rings. The lowest BCUT2D eigenvalue weighted by Gasteiger charge is -2.00. The Morgan fingerprint density at radius 3 is 2.41 bits per heavy atom. The van der Waals surface area contributed by atoms with Crippen molar-refractivity contribution in [2.45, 2.75) is 13.8 Å². The molecule has 1 aromatic heterocycles. The van der Waals surface area contributed by atoms with Gasteiger partial charge in [0, 0.05) is 4.88 Å². The Morgan fingerprint density at radius 1 is 1.18 bits per heavy atom. The van der Waals surface area contributed by atoms with Gasteiger partial charge < -0.3 is 0 Å². The number of hydrogen-bond donors (Lipinski definition) is 0. The van der Waals surface area contributed by atoms with E-state index in [9.17, 15) is 5.26 Å². The normalized spacial score (nSPS) is 11.2. The van der Waals surface area contributed by atoms with Crippen LogP contribution in [0.1, 0.15) is 21.6 Å². The van der Waals surface area contributed by atoms with E-state index >= 15 is 0 Å². The molecule has 0 bridgehead atoms. The molecule has 1 heterocycles. The number of allylic oxidation sites excluding steroid dienone is 1. The monoisotopic (exact) mass is 239 g/mol. The topological polar surface area (TPSA) is 23.8 Å². The van der Waals surface area contributed by atoms with E-state index in [4.69, 9.17) is 0 Å². The fourth-order valence-corrected chi connectivity index (χ4v) is 2.44. The maximum Gasteiger partial charge on any atom is 0.0998 e. The molecule has 1 nitrogen and oxygen atoms in total. The van der Waals surface area contributed by atoms with Gasteiger partial charge in [-0.3, -0.25) is 0 Å². The van der Waals surface area contributed by atoms with Crippen molar-refractivity contribution in [1.29, 1.82) is 5.26 Å². The van der Waals surface area contributed by atoms with Gasteiger partial charge in [-0.25, -0.2) is 0 Å². The lowest BCUT2D eigenvalue weighted by atomic mass is 10.0. The largest absolute Gasteiger partial charge is 0.192 e. The summed E-state index contributed by atoms with van der Waals surface area (Å²) in [4.78, 5) is 1.15. The number of benzene rings is 1. The third-order valence-corrected chi connectivity index (χ3v) is 3.63. The van der Waals surface area contributed by atoms with Crippen LogP contribution in [0.25, 0.3) is 11.6 Å². The van der Waals surface area contributed by atoms with Crippen LogP contribution in [0.15, 0.2) is 35.7 Å². The van der Waals surface area contributed by atoms with Crippen LogP contribution >= 0.6 is 11.3 Å². The van der Waals surface area contributed by atoms with E-state index in [0.29, 0.717) is 0 Å². The first kappa shape index (κ1) is 11.6. The van der Waals surface area contributed by atoms with E-state index < -0.39 is 0 Å². The molecular weight excluding hydrogens is 226 g/mol. The Morgan fingerprint density at radius 2 is 1.88 bits per heavy atom. The summed E-state index contributed by atoms with van der Waals surface area (Å²) >= 11 is 1.66. The summed E-state index contributed by atoms with van der Waals surface area (Å²) in [5.74, 6) is 0. The molecule has 0 saturated carbocycles. The number of nitriles is 1. The van der Waals surface area contributed by atoms with Crippen molar-refractivity contribution in [3.8, 4) is 6.07 Å². The van der Waals surface area contributed by atoms with Crippen molar-refractivity contribution < 1.29 is 0 Å². The van der Waals surface area contributed by atoms with Gasteiger partial charge in [0.25, 0.3) is 0 Å². The fraction of sp³-hybridized carbons (Fsp3) is 0.133. The van der Waals surface area contributed by atoms with Gasteiger partial charge in [0.1, 0.15) is 0 Å². The fourth-order valence-electron chi connectivity index (χ4n) is 1.58. The predicted molar refractivity (Wildman–Crippen MR) is 73.7 cm³/mol. The zero-order valence-corrected chi connectivity index (χ0v) is 10.7. The van der Waals surface area contributed by atoms with E-state index in [1.54, 1.807) is 11.3 Å². The van der Waals surface area contributed by atoms with Crippen LogP contribution < -0.4 is 0 Å². The van der Waals surface area contributed by atoms with Gasteiger partial charge in [0.2, 0.25) is 0 Å². The first-order valence-corrected chi connectivity index (χ1v) is 6.31. The Labute approximate surface area is 106 Å². The van der Waals surface area contributed by atoms with Gasteiger partial charge in [0.05, 0.1) is 11.6 Å². The van der Waals surface area contributed by atoms with E-state index in [1.807, 2.05) is 42.6 Å². The summed E-state index contributed by atoms with van der Waals surface area (Å²) in [6.07, 6.45) is 1.96. The van der Waals surface area contributed by atoms with Gasteiger partial charge >= 0.3 is 0 Å². The minimum atomic E-state index is 0.718. The second-order valence-electron chi connectivity index (χ2n) is 4.00. The number of rotatable bonds is 2. The first-order valence-electron chi connectivity index (χ1n) is 5.43. The number of thiophene rings is 1. The summed E-state index contributed by atoms with van der Waals surface area (Å²) in [6.45, 7) is 4.11. The summed E-state index contributed by atoms with van der Waals surface area (Å²) < 4.78 is 0. The van der Waals surface area contributed by atoms with Gasteiger partial charge in [-0.2, -0.15) is 5.26 Å². The van der Waals surface area contributed by atoms with E-state index in [1.165, 1.54) is 11.1 Å². The second kappa shape index (κ2) is 4.99. The van der Waals surface area contributed by atoms with Gasteiger partial charge in [-0.15, -0.1) is 11.3 Å². The standard InChI is InChI=1S/C15H13NS/c1-11-3-5-13(6-4-11)14(10-16)9-15-12(2)7-8-17-15/h3-9H,1-2H3/b14-9+. The Hall–Kier alpha value is -1.85. The van der Waals surface area contributed by atoms with Crippen molar-refractivity contribution in [3.05, 3.63) is 57.3 Å². The molecule has 0 spiro atoms. The number of nitrogens with zero attached hydrogens (tertiary/aromatic N) is 1. The Balaban J connectivity index is 2.41. The SMILES string of the molecule is Cc1ccc(/C(C#N)=C/c2sccc2C)cc1. The quantitative estimate of drug-likeness (QED) is 0.711. The maximum absolute atomic E-state index is 9.22. The van der Waals surface area contributed by atoms with Crippen LogP contribution in [0.2, 0.25) is 0 Å². The molecule has 0 amide bonds. The summed E-state index contributed by atoms with van der Waals surface area (Å²) in [5.41, 5.74) is 4.12. The molecule has 17 heavy (non-hydrogen) atoms. The zero-order chi connectivity index (χ0) is 12.3. The van der Waals surface area contributed by atoms with E-state index in [-0.39, 0.29) is 0 Å². The molecule has 2 aromatic rings. The zero-order valence-electron chi connectivity index (χ0n) is 9.90. The van der Waals surface area contributed by atoms with Crippen molar-refractivity contribution in [3.63, 3.8) is 0 Å². The summed E-state index contributed by atoms with van der Waals surface area (Å²) in [7, 11) is 0. The van der Waals surface area contributed by atoms with Crippen LogP contribution in [0, 0.1) is 25.2 Å². The Bertz CT molecular complexity index is 582. The molecule has 1 aromatic carbocycles. The minimum absolute atomic E-state index is 0.718. The minimum Gasteiger partial charge on any atom is -0.192 e. The summed E-state index contributed by atoms with van der Waals surface area (Å²) in [5, 5.41) is 11.3. The molecule has 0 aliphatic carbocycles. The highest BCUT2D eigenvalue weighted by atomic mass is 32.1. The predicted octanol–water partition coefficient (Wildman–Crippen LogP) is 4.43. The van der Waals surface area contributed by atoms with Crippen LogP contribution in [0.4, 0.5) is 0 Å². The van der Waals surface area contributed by atoms with Crippen molar-refractivity contribution >= 4 is 23.0 Å². The van der Waals surface area contributed by atoms with Crippen LogP contribution in [-0.2, 0) is 0 Å². The van der Waals surface area contributed by atoms with Crippen molar-refractivity contribution in [2.75, 3.05) is 0 Å². The van der Waals surface area contributed by atoms with Crippen LogP contribution in [0.3, 0.4) is 0 Å². The highest BCUT2D eigenvalue weighted by Gasteiger charge is 2.03.